The summed E-state index contributed by atoms with van der Waals surface area (Å²) in [6.45, 7) is 4.70. The lowest BCUT2D eigenvalue weighted by atomic mass is 10.0. The number of allylic oxidation sites excluding steroid dienone is 1. The number of anilines is 1. The first-order chi connectivity index (χ1) is 12.0. The summed E-state index contributed by atoms with van der Waals surface area (Å²) in [6.07, 6.45) is 5.72. The topological polar surface area (TPSA) is 31.4 Å². The molecule has 25 heavy (non-hydrogen) atoms. The molecule has 0 aliphatic carbocycles. The first-order valence-electron chi connectivity index (χ1n) is 8.15. The number of benzene rings is 1. The van der Waals surface area contributed by atoms with E-state index in [4.69, 9.17) is 0 Å². The number of pyridine rings is 1. The van der Waals surface area contributed by atoms with Crippen molar-refractivity contribution in [3.8, 4) is 0 Å². The minimum absolute atomic E-state index is 0.157. The van der Waals surface area contributed by atoms with Crippen LogP contribution in [0.15, 0.2) is 54.6 Å². The van der Waals surface area contributed by atoms with E-state index >= 15 is 0 Å². The minimum Gasteiger partial charge on any atom is -0.344 e. The third-order valence-electron chi connectivity index (χ3n) is 4.51. The molecule has 3 heterocycles. The largest absolute Gasteiger partial charge is 0.344 e. The average Bonchev–Trinajstić information content (AvgIpc) is 3.02. The predicted molar refractivity (Wildman–Crippen MR) is 93.2 cm³/mol. The molecule has 0 spiro atoms. The highest BCUT2D eigenvalue weighted by Crippen LogP contribution is 2.35. The molecule has 0 fully saturated rings. The van der Waals surface area contributed by atoms with Crippen molar-refractivity contribution >= 4 is 11.3 Å². The zero-order valence-corrected chi connectivity index (χ0v) is 14.0. The summed E-state index contributed by atoms with van der Waals surface area (Å²) in [6, 6.07) is 8.14. The Bertz CT molecular complexity index is 891. The standard InChI is InChI=1S/C19H18F2N4/c1-12-7-14(5-6-22-12)16-9-23-25-13(2)10-24(11-19(16)25)15-3-4-17(20)18(21)8-15/h3-9,11,13,23H,10H2,1-2H3/t13-/m0/s1. The SMILES string of the molecule is Cc1cc(C2=CNN3C2=CN(c2ccc(F)c(F)c2)C[C@@H]3C)ccn1. The fourth-order valence-electron chi connectivity index (χ4n) is 3.26. The molecule has 0 saturated carbocycles. The van der Waals surface area contributed by atoms with Gasteiger partial charge in [-0.2, -0.15) is 0 Å². The van der Waals surface area contributed by atoms with Gasteiger partial charge in [-0.05, 0) is 43.7 Å². The van der Waals surface area contributed by atoms with Crippen LogP contribution < -0.4 is 10.3 Å². The van der Waals surface area contributed by atoms with Gasteiger partial charge < -0.3 is 10.3 Å². The third kappa shape index (κ3) is 2.73. The number of hydrogen-bond donors (Lipinski definition) is 1. The Labute approximate surface area is 145 Å². The molecule has 6 heteroatoms. The molecule has 0 radical (unpaired) electrons. The van der Waals surface area contributed by atoms with Crippen LogP contribution in [0.5, 0.6) is 0 Å². The summed E-state index contributed by atoms with van der Waals surface area (Å²) in [5.74, 6) is -1.67. The van der Waals surface area contributed by atoms with Crippen LogP contribution in [0.2, 0.25) is 0 Å². The maximum Gasteiger partial charge on any atom is 0.160 e. The van der Waals surface area contributed by atoms with Crippen LogP contribution in [-0.4, -0.2) is 22.6 Å². The van der Waals surface area contributed by atoms with Crippen LogP contribution in [0.3, 0.4) is 0 Å². The molecule has 1 atom stereocenters. The number of nitrogens with zero attached hydrogens (tertiary/aromatic N) is 3. The van der Waals surface area contributed by atoms with Gasteiger partial charge in [-0.3, -0.25) is 9.99 Å². The summed E-state index contributed by atoms with van der Waals surface area (Å²) in [7, 11) is 0. The summed E-state index contributed by atoms with van der Waals surface area (Å²) < 4.78 is 26.9. The molecule has 2 aliphatic heterocycles. The molecule has 4 nitrogen and oxygen atoms in total. The van der Waals surface area contributed by atoms with Gasteiger partial charge in [-0.1, -0.05) is 0 Å². The van der Waals surface area contributed by atoms with Crippen LogP contribution in [0.25, 0.3) is 5.57 Å². The highest BCUT2D eigenvalue weighted by Gasteiger charge is 2.31. The Balaban J connectivity index is 1.73. The Morgan fingerprint density at radius 1 is 1.16 bits per heavy atom. The zero-order valence-electron chi connectivity index (χ0n) is 14.0. The highest BCUT2D eigenvalue weighted by molar-refractivity contribution is 5.81. The van der Waals surface area contributed by atoms with Gasteiger partial charge in [0.2, 0.25) is 0 Å². The fraction of sp³-hybridized carbons (Fsp3) is 0.211. The molecule has 1 N–H and O–H groups in total. The van der Waals surface area contributed by atoms with Gasteiger partial charge >= 0.3 is 0 Å². The number of hydrazine groups is 1. The smallest absolute Gasteiger partial charge is 0.160 e. The highest BCUT2D eigenvalue weighted by atomic mass is 19.2. The third-order valence-corrected chi connectivity index (χ3v) is 4.51. The number of fused-ring (bicyclic) bond motifs is 1. The van der Waals surface area contributed by atoms with E-state index < -0.39 is 11.6 Å². The zero-order chi connectivity index (χ0) is 17.6. The quantitative estimate of drug-likeness (QED) is 0.905. The van der Waals surface area contributed by atoms with Crippen molar-refractivity contribution in [2.24, 2.45) is 0 Å². The molecule has 0 saturated heterocycles. The second-order valence-electron chi connectivity index (χ2n) is 6.36. The molecule has 0 bridgehead atoms. The molecule has 2 aliphatic rings. The van der Waals surface area contributed by atoms with Gasteiger partial charge in [0.25, 0.3) is 0 Å². The lowest BCUT2D eigenvalue weighted by Gasteiger charge is -2.38. The van der Waals surface area contributed by atoms with Gasteiger partial charge in [-0.15, -0.1) is 0 Å². The first kappa shape index (κ1) is 15.6. The number of hydrogen-bond acceptors (Lipinski definition) is 4. The van der Waals surface area contributed by atoms with Crippen molar-refractivity contribution in [1.82, 2.24) is 15.4 Å². The molecule has 0 amide bonds. The van der Waals surface area contributed by atoms with Crippen molar-refractivity contribution in [3.05, 3.63) is 77.5 Å². The number of rotatable bonds is 2. The van der Waals surface area contributed by atoms with Gasteiger partial charge in [-0.25, -0.2) is 8.78 Å². The average molecular weight is 340 g/mol. The number of aryl methyl sites for hydroxylation is 1. The Morgan fingerprint density at radius 2 is 2.00 bits per heavy atom. The van der Waals surface area contributed by atoms with Crippen LogP contribution in [0.1, 0.15) is 18.2 Å². The van der Waals surface area contributed by atoms with E-state index in [1.54, 1.807) is 12.3 Å². The molecule has 128 valence electrons. The van der Waals surface area contributed by atoms with Crippen LogP contribution in [0.4, 0.5) is 14.5 Å². The summed E-state index contributed by atoms with van der Waals surface area (Å²) in [4.78, 5) is 6.19. The number of nitrogens with one attached hydrogen (secondary N) is 1. The molecule has 4 rings (SSSR count). The van der Waals surface area contributed by atoms with E-state index in [9.17, 15) is 8.78 Å². The van der Waals surface area contributed by atoms with E-state index in [2.05, 4.69) is 22.3 Å². The molecule has 0 unspecified atom stereocenters. The first-order valence-corrected chi connectivity index (χ1v) is 8.15. The molecule has 1 aromatic heterocycles. The van der Waals surface area contributed by atoms with Crippen LogP contribution in [0, 0.1) is 18.6 Å². The molecular weight excluding hydrogens is 322 g/mol. The number of aromatic nitrogens is 1. The lowest BCUT2D eigenvalue weighted by Crippen LogP contribution is -2.47. The number of halogens is 2. The van der Waals surface area contributed by atoms with E-state index in [1.807, 2.05) is 36.4 Å². The fourth-order valence-corrected chi connectivity index (χ4v) is 3.26. The van der Waals surface area contributed by atoms with E-state index in [-0.39, 0.29) is 6.04 Å². The monoisotopic (exact) mass is 340 g/mol. The van der Waals surface area contributed by atoms with Crippen molar-refractivity contribution < 1.29 is 8.78 Å². The molecule has 2 aromatic rings. The summed E-state index contributed by atoms with van der Waals surface area (Å²) in [5, 5.41) is 2.08. The Kier molecular flexibility index (Phi) is 3.67. The second kappa shape index (κ2) is 5.88. The normalized spacial score (nSPS) is 19.3. The van der Waals surface area contributed by atoms with Crippen molar-refractivity contribution in [1.29, 1.82) is 0 Å². The second-order valence-corrected chi connectivity index (χ2v) is 6.36. The summed E-state index contributed by atoms with van der Waals surface area (Å²) >= 11 is 0. The van der Waals surface area contributed by atoms with Gasteiger partial charge in [0.1, 0.15) is 0 Å². The van der Waals surface area contributed by atoms with Crippen LogP contribution >= 0.6 is 0 Å². The van der Waals surface area contributed by atoms with Crippen LogP contribution in [-0.2, 0) is 0 Å². The Morgan fingerprint density at radius 3 is 2.76 bits per heavy atom. The molecule has 1 aromatic carbocycles. The summed E-state index contributed by atoms with van der Waals surface area (Å²) in [5.41, 5.74) is 7.97. The van der Waals surface area contributed by atoms with Gasteiger partial charge in [0, 0.05) is 48.2 Å². The van der Waals surface area contributed by atoms with E-state index in [1.165, 1.54) is 6.07 Å². The van der Waals surface area contributed by atoms with Crippen molar-refractivity contribution in [2.75, 3.05) is 11.4 Å². The minimum atomic E-state index is -0.837. The van der Waals surface area contributed by atoms with Crippen molar-refractivity contribution in [2.45, 2.75) is 19.9 Å². The van der Waals surface area contributed by atoms with E-state index in [0.29, 0.717) is 12.2 Å². The lowest BCUT2D eigenvalue weighted by molar-refractivity contribution is 0.232. The van der Waals surface area contributed by atoms with Crippen molar-refractivity contribution in [3.63, 3.8) is 0 Å². The maximum absolute atomic E-state index is 13.6. The van der Waals surface area contributed by atoms with E-state index in [0.717, 1.165) is 28.6 Å². The molecular formula is C19H18F2N4. The Hall–Kier alpha value is -2.89. The van der Waals surface area contributed by atoms with Gasteiger partial charge in [0.05, 0.1) is 11.7 Å². The van der Waals surface area contributed by atoms with Gasteiger partial charge in [0.15, 0.2) is 11.6 Å². The maximum atomic E-state index is 13.6. The predicted octanol–water partition coefficient (Wildman–Crippen LogP) is 3.58.